The Balaban J connectivity index is 1.21. The van der Waals surface area contributed by atoms with E-state index in [0.29, 0.717) is 13.0 Å². The lowest BCUT2D eigenvalue weighted by atomic mass is 9.98. The van der Waals surface area contributed by atoms with Crippen molar-refractivity contribution in [2.45, 2.75) is 58.1 Å². The van der Waals surface area contributed by atoms with E-state index in [1.807, 2.05) is 72.8 Å². The average Bonchev–Trinajstić information content (AvgIpc) is 3.20. The van der Waals surface area contributed by atoms with Crippen molar-refractivity contribution in [2.75, 3.05) is 19.7 Å². The molecule has 1 saturated heterocycles. The lowest BCUT2D eigenvalue weighted by molar-refractivity contribution is -0.253. The van der Waals surface area contributed by atoms with Gasteiger partial charge < -0.3 is 30.0 Å². The van der Waals surface area contributed by atoms with E-state index in [0.717, 1.165) is 46.5 Å². The summed E-state index contributed by atoms with van der Waals surface area (Å²) in [7, 11) is 0. The number of aliphatic hydroxyl groups is 1. The fourth-order valence-corrected chi connectivity index (χ4v) is 6.52. The van der Waals surface area contributed by atoms with Crippen molar-refractivity contribution in [3.8, 4) is 11.1 Å². The number of rotatable bonds is 15. The zero-order valence-corrected chi connectivity index (χ0v) is 30.0. The molecule has 0 spiro atoms. The first-order chi connectivity index (χ1) is 25.9. The van der Waals surface area contributed by atoms with E-state index in [1.165, 1.54) is 11.1 Å². The number of carbonyl (C=O) groups excluding carboxylic acids is 2. The number of esters is 1. The smallest absolute Gasteiger partial charge is 0.325 e. The highest BCUT2D eigenvalue weighted by Crippen LogP contribution is 2.39. The van der Waals surface area contributed by atoms with Crippen molar-refractivity contribution in [2.24, 2.45) is 0 Å². The van der Waals surface area contributed by atoms with Gasteiger partial charge in [-0.25, -0.2) is 4.79 Å². The van der Waals surface area contributed by atoms with Crippen LogP contribution in [0, 0.1) is 0 Å². The van der Waals surface area contributed by atoms with E-state index >= 15 is 0 Å². The van der Waals surface area contributed by atoms with E-state index in [9.17, 15) is 14.7 Å². The van der Waals surface area contributed by atoms with Crippen molar-refractivity contribution < 1.29 is 28.9 Å². The normalized spacial score (nSPS) is 16.9. The van der Waals surface area contributed by atoms with Crippen LogP contribution in [0.1, 0.15) is 59.1 Å². The van der Waals surface area contributed by atoms with Crippen LogP contribution in [0.3, 0.4) is 0 Å². The van der Waals surface area contributed by atoms with Gasteiger partial charge in [-0.05, 0) is 58.0 Å². The first-order valence-corrected chi connectivity index (χ1v) is 18.1. The second-order valence-corrected chi connectivity index (χ2v) is 13.2. The van der Waals surface area contributed by atoms with Crippen LogP contribution in [0.15, 0.2) is 133 Å². The van der Waals surface area contributed by atoms with Gasteiger partial charge in [0.1, 0.15) is 6.54 Å². The number of carbonyl (C=O) groups is 2. The first kappa shape index (κ1) is 37.4. The molecule has 0 bridgehead atoms. The molecule has 3 N–H and O–H groups in total. The maximum absolute atomic E-state index is 12.3. The van der Waals surface area contributed by atoms with Gasteiger partial charge in [-0.2, -0.15) is 0 Å². The van der Waals surface area contributed by atoms with E-state index < -0.39 is 18.3 Å². The van der Waals surface area contributed by atoms with Crippen LogP contribution in [0.25, 0.3) is 11.1 Å². The molecule has 1 fully saturated rings. The van der Waals surface area contributed by atoms with Gasteiger partial charge in [-0.3, -0.25) is 9.69 Å². The molecular weight excluding hydrogens is 666 g/mol. The number of ether oxygens (including phenoxy) is 3. The molecule has 53 heavy (non-hydrogen) atoms. The lowest BCUT2D eigenvalue weighted by Crippen LogP contribution is -2.39. The van der Waals surface area contributed by atoms with Gasteiger partial charge in [0.2, 0.25) is 0 Å². The molecule has 2 amide bonds. The van der Waals surface area contributed by atoms with Gasteiger partial charge in [-0.1, -0.05) is 121 Å². The number of nitrogens with one attached hydrogen (secondary N) is 2. The summed E-state index contributed by atoms with van der Waals surface area (Å²) in [5.41, 5.74) is 8.17. The van der Waals surface area contributed by atoms with Gasteiger partial charge in [0.25, 0.3) is 0 Å². The van der Waals surface area contributed by atoms with Crippen molar-refractivity contribution >= 4 is 12.0 Å². The lowest BCUT2D eigenvalue weighted by Gasteiger charge is -2.38. The van der Waals surface area contributed by atoms with Crippen LogP contribution in [0.2, 0.25) is 0 Å². The Morgan fingerprint density at radius 3 is 2.02 bits per heavy atom. The minimum Gasteiger partial charge on any atom is -0.465 e. The SMILES string of the molecule is CCOC(=O)CNC(=O)NCc1cccc(-c2cccc([C@@H]3O[C@H](CN(Cc4ccccc4)Cc4ccccc4)C[C@H](c4ccc(CO)cc4)O3)c2)c1. The summed E-state index contributed by atoms with van der Waals surface area (Å²) in [5.74, 6) is -0.482. The molecule has 6 rings (SSSR count). The molecule has 0 saturated carbocycles. The predicted molar refractivity (Wildman–Crippen MR) is 204 cm³/mol. The largest absolute Gasteiger partial charge is 0.465 e. The van der Waals surface area contributed by atoms with Crippen LogP contribution >= 0.6 is 0 Å². The molecule has 0 aromatic heterocycles. The number of urea groups is 1. The summed E-state index contributed by atoms with van der Waals surface area (Å²) >= 11 is 0. The second kappa shape index (κ2) is 19.0. The van der Waals surface area contributed by atoms with Crippen LogP contribution in [0.4, 0.5) is 4.79 Å². The highest BCUT2D eigenvalue weighted by molar-refractivity contribution is 5.80. The number of aliphatic hydroxyl groups excluding tert-OH is 1. The van der Waals surface area contributed by atoms with E-state index in [-0.39, 0.29) is 38.5 Å². The highest BCUT2D eigenvalue weighted by atomic mass is 16.7. The first-order valence-electron chi connectivity index (χ1n) is 18.1. The number of amides is 2. The number of hydrogen-bond acceptors (Lipinski definition) is 7. The third-order valence-corrected chi connectivity index (χ3v) is 9.15. The average molecular weight is 714 g/mol. The number of benzene rings is 5. The minimum atomic E-state index is -0.612. The third-order valence-electron chi connectivity index (χ3n) is 9.15. The monoisotopic (exact) mass is 713 g/mol. The minimum absolute atomic E-state index is 0.0131. The van der Waals surface area contributed by atoms with E-state index in [1.54, 1.807) is 6.92 Å². The van der Waals surface area contributed by atoms with Crippen LogP contribution in [0.5, 0.6) is 0 Å². The highest BCUT2D eigenvalue weighted by Gasteiger charge is 2.33. The fraction of sp³-hybridized carbons (Fsp3) is 0.273. The van der Waals surface area contributed by atoms with Gasteiger partial charge >= 0.3 is 12.0 Å². The fourth-order valence-electron chi connectivity index (χ4n) is 6.52. The van der Waals surface area contributed by atoms with Gasteiger partial charge in [0, 0.05) is 38.2 Å². The molecular formula is C44H47N3O6. The summed E-state index contributed by atoms with van der Waals surface area (Å²) in [5, 5.41) is 15.0. The molecule has 1 heterocycles. The van der Waals surface area contributed by atoms with Gasteiger partial charge in [0.15, 0.2) is 6.29 Å². The summed E-state index contributed by atoms with van der Waals surface area (Å²) < 4.78 is 18.4. The van der Waals surface area contributed by atoms with Crippen LogP contribution in [-0.4, -0.2) is 47.8 Å². The second-order valence-electron chi connectivity index (χ2n) is 13.2. The maximum Gasteiger partial charge on any atom is 0.325 e. The van der Waals surface area contributed by atoms with Crippen LogP contribution in [-0.2, 0) is 45.2 Å². The van der Waals surface area contributed by atoms with E-state index in [2.05, 4.69) is 76.2 Å². The molecule has 1 aliphatic rings. The van der Waals surface area contributed by atoms with E-state index in [4.69, 9.17) is 14.2 Å². The topological polar surface area (TPSA) is 109 Å². The van der Waals surface area contributed by atoms with Gasteiger partial charge in [0.05, 0.1) is 25.4 Å². The molecule has 0 unspecified atom stereocenters. The quantitative estimate of drug-likeness (QED) is 0.0968. The molecule has 9 nitrogen and oxygen atoms in total. The Labute approximate surface area is 311 Å². The molecule has 5 aromatic rings. The molecule has 274 valence electrons. The molecule has 3 atom stereocenters. The molecule has 0 aliphatic carbocycles. The summed E-state index contributed by atoms with van der Waals surface area (Å²) in [4.78, 5) is 26.3. The third kappa shape index (κ3) is 11.1. The molecule has 9 heteroatoms. The Morgan fingerprint density at radius 1 is 0.717 bits per heavy atom. The summed E-state index contributed by atoms with van der Waals surface area (Å²) in [6.07, 6.45) is -0.275. The maximum atomic E-state index is 12.3. The molecule has 0 radical (unpaired) electrons. The standard InChI is InChI=1S/C44H47N3O6/c1-2-51-42(49)27-46-44(50)45-26-35-15-9-16-37(23-35)38-17-10-18-39(24-38)43-52-40(25-41(53-43)36-21-19-34(31-48)20-22-36)30-47(28-32-11-5-3-6-12-32)29-33-13-7-4-8-14-33/h3-24,40-41,43,48H,2,25-31H2,1H3,(H2,45,46,50)/t40-,41+,43+/m0/s1. The predicted octanol–water partition coefficient (Wildman–Crippen LogP) is 7.46. The molecule has 1 aliphatic heterocycles. The number of hydrogen-bond donors (Lipinski definition) is 3. The summed E-state index contributed by atoms with van der Waals surface area (Å²) in [6.45, 7) is 4.34. The molecule has 5 aromatic carbocycles. The van der Waals surface area contributed by atoms with Crippen molar-refractivity contribution in [1.82, 2.24) is 15.5 Å². The Kier molecular flexibility index (Phi) is 13.4. The number of nitrogens with zero attached hydrogens (tertiary/aromatic N) is 1. The Hall–Kier alpha value is -5.32. The summed E-state index contributed by atoms with van der Waals surface area (Å²) in [6, 6.07) is 44.7. The van der Waals surface area contributed by atoms with Crippen molar-refractivity contribution in [1.29, 1.82) is 0 Å². The van der Waals surface area contributed by atoms with Crippen LogP contribution < -0.4 is 10.6 Å². The Morgan fingerprint density at radius 2 is 1.36 bits per heavy atom. The van der Waals surface area contributed by atoms with Crippen molar-refractivity contribution in [3.05, 3.63) is 167 Å². The van der Waals surface area contributed by atoms with Gasteiger partial charge in [-0.15, -0.1) is 0 Å². The van der Waals surface area contributed by atoms with Crippen molar-refractivity contribution in [3.63, 3.8) is 0 Å². The Bertz CT molecular complexity index is 1860. The zero-order valence-electron chi connectivity index (χ0n) is 30.0. The zero-order chi connectivity index (χ0) is 36.8.